The second kappa shape index (κ2) is 8.52. The highest BCUT2D eigenvalue weighted by atomic mass is 16.6. The van der Waals surface area contributed by atoms with Crippen molar-refractivity contribution in [1.29, 1.82) is 0 Å². The van der Waals surface area contributed by atoms with E-state index in [1.165, 1.54) is 6.92 Å². The fraction of sp³-hybridized carbons (Fsp3) is 0.500. The second-order valence-corrected chi connectivity index (χ2v) is 3.48. The molecule has 0 aliphatic rings. The highest BCUT2D eigenvalue weighted by Crippen LogP contribution is 2.04. The van der Waals surface area contributed by atoms with Gasteiger partial charge < -0.3 is 14.6 Å². The smallest absolute Gasteiger partial charge is 0.333 e. The highest BCUT2D eigenvalue weighted by molar-refractivity contribution is 5.88. The van der Waals surface area contributed by atoms with Gasteiger partial charge in [-0.05, 0) is 19.8 Å². The SMILES string of the molecule is C=C(C)C(=O)OCCOC(=O)C(=C)CCCO. The molecule has 0 aliphatic heterocycles. The zero-order valence-corrected chi connectivity index (χ0v) is 10.0. The average molecular weight is 242 g/mol. The molecule has 0 aromatic rings. The second-order valence-electron chi connectivity index (χ2n) is 3.48. The van der Waals surface area contributed by atoms with E-state index in [2.05, 4.69) is 13.2 Å². The fourth-order valence-electron chi connectivity index (χ4n) is 0.888. The lowest BCUT2D eigenvalue weighted by molar-refractivity contribution is -0.147. The summed E-state index contributed by atoms with van der Waals surface area (Å²) < 4.78 is 9.53. The fourth-order valence-corrected chi connectivity index (χ4v) is 0.888. The highest BCUT2D eigenvalue weighted by Gasteiger charge is 2.08. The van der Waals surface area contributed by atoms with Crippen LogP contribution in [0.3, 0.4) is 0 Å². The Morgan fingerprint density at radius 3 is 2.12 bits per heavy atom. The number of aliphatic hydroxyl groups is 1. The summed E-state index contributed by atoms with van der Waals surface area (Å²) in [7, 11) is 0. The van der Waals surface area contributed by atoms with Crippen LogP contribution in [0.2, 0.25) is 0 Å². The Kier molecular flexibility index (Phi) is 7.71. The van der Waals surface area contributed by atoms with E-state index < -0.39 is 11.9 Å². The molecule has 5 nitrogen and oxygen atoms in total. The van der Waals surface area contributed by atoms with Gasteiger partial charge in [0, 0.05) is 17.8 Å². The molecule has 0 unspecified atom stereocenters. The molecule has 17 heavy (non-hydrogen) atoms. The molecule has 0 rings (SSSR count). The molecule has 0 bridgehead atoms. The van der Waals surface area contributed by atoms with E-state index in [0.717, 1.165) is 0 Å². The lowest BCUT2D eigenvalue weighted by Gasteiger charge is -2.07. The van der Waals surface area contributed by atoms with E-state index in [1.807, 2.05) is 0 Å². The lowest BCUT2D eigenvalue weighted by Crippen LogP contribution is -2.15. The number of esters is 2. The number of aliphatic hydroxyl groups excluding tert-OH is 1. The van der Waals surface area contributed by atoms with Gasteiger partial charge in [0.1, 0.15) is 13.2 Å². The van der Waals surface area contributed by atoms with Crippen LogP contribution in [0.4, 0.5) is 0 Å². The van der Waals surface area contributed by atoms with E-state index in [4.69, 9.17) is 14.6 Å². The summed E-state index contributed by atoms with van der Waals surface area (Å²) in [6.07, 6.45) is 0.861. The molecule has 0 saturated heterocycles. The standard InChI is InChI=1S/C12H18O5/c1-9(2)11(14)16-7-8-17-12(15)10(3)5-4-6-13/h13H,1,3-8H2,2H3. The summed E-state index contributed by atoms with van der Waals surface area (Å²) in [6, 6.07) is 0. The minimum atomic E-state index is -0.537. The molecule has 5 heteroatoms. The molecule has 0 aliphatic carbocycles. The minimum absolute atomic E-state index is 0.00250. The predicted molar refractivity (Wildman–Crippen MR) is 62.2 cm³/mol. The summed E-state index contributed by atoms with van der Waals surface area (Å²) in [4.78, 5) is 22.2. The van der Waals surface area contributed by atoms with Gasteiger partial charge in [-0.1, -0.05) is 13.2 Å². The maximum absolute atomic E-state index is 11.3. The number of carbonyl (C=O) groups is 2. The van der Waals surface area contributed by atoms with E-state index in [-0.39, 0.29) is 19.8 Å². The van der Waals surface area contributed by atoms with E-state index in [9.17, 15) is 9.59 Å². The molecule has 0 heterocycles. The van der Waals surface area contributed by atoms with Gasteiger partial charge in [0.05, 0.1) is 0 Å². The first-order valence-corrected chi connectivity index (χ1v) is 5.27. The number of hydrogen-bond donors (Lipinski definition) is 1. The van der Waals surface area contributed by atoms with Crippen LogP contribution in [0.5, 0.6) is 0 Å². The monoisotopic (exact) mass is 242 g/mol. The molecular weight excluding hydrogens is 224 g/mol. The van der Waals surface area contributed by atoms with Crippen molar-refractivity contribution in [2.24, 2.45) is 0 Å². The van der Waals surface area contributed by atoms with Crippen molar-refractivity contribution in [3.63, 3.8) is 0 Å². The largest absolute Gasteiger partial charge is 0.459 e. The van der Waals surface area contributed by atoms with Crippen molar-refractivity contribution in [3.05, 3.63) is 24.3 Å². The van der Waals surface area contributed by atoms with Gasteiger partial charge in [-0.3, -0.25) is 0 Å². The van der Waals surface area contributed by atoms with Crippen molar-refractivity contribution >= 4 is 11.9 Å². The van der Waals surface area contributed by atoms with Crippen LogP contribution in [-0.4, -0.2) is 36.9 Å². The number of rotatable bonds is 8. The van der Waals surface area contributed by atoms with Crippen LogP contribution in [0, 0.1) is 0 Å². The zero-order valence-electron chi connectivity index (χ0n) is 10.0. The Balaban J connectivity index is 3.68. The van der Waals surface area contributed by atoms with Crippen LogP contribution in [0.25, 0.3) is 0 Å². The van der Waals surface area contributed by atoms with Crippen LogP contribution in [-0.2, 0) is 19.1 Å². The van der Waals surface area contributed by atoms with Crippen molar-refractivity contribution in [2.75, 3.05) is 19.8 Å². The van der Waals surface area contributed by atoms with Crippen LogP contribution >= 0.6 is 0 Å². The summed E-state index contributed by atoms with van der Waals surface area (Å²) in [5, 5.41) is 8.57. The Morgan fingerprint density at radius 1 is 1.12 bits per heavy atom. The average Bonchev–Trinajstić information content (AvgIpc) is 2.30. The van der Waals surface area contributed by atoms with Crippen LogP contribution in [0.1, 0.15) is 19.8 Å². The predicted octanol–water partition coefficient (Wildman–Crippen LogP) is 0.978. The summed E-state index contributed by atoms with van der Waals surface area (Å²) in [6.45, 7) is 8.45. The third-order valence-electron chi connectivity index (χ3n) is 1.82. The maximum Gasteiger partial charge on any atom is 0.333 e. The zero-order chi connectivity index (χ0) is 13.3. The topological polar surface area (TPSA) is 72.8 Å². The molecule has 0 aromatic heterocycles. The van der Waals surface area contributed by atoms with Crippen molar-refractivity contribution in [1.82, 2.24) is 0 Å². The van der Waals surface area contributed by atoms with Gasteiger partial charge in [0.2, 0.25) is 0 Å². The normalized spacial score (nSPS) is 9.53. The molecule has 0 saturated carbocycles. The Bertz CT molecular complexity index is 306. The molecule has 1 N–H and O–H groups in total. The Hall–Kier alpha value is -1.62. The third kappa shape index (κ3) is 7.30. The van der Waals surface area contributed by atoms with Gasteiger partial charge in [0.15, 0.2) is 0 Å². The molecule has 0 spiro atoms. The number of hydrogen-bond acceptors (Lipinski definition) is 5. The minimum Gasteiger partial charge on any atom is -0.459 e. The molecule has 96 valence electrons. The van der Waals surface area contributed by atoms with Gasteiger partial charge in [-0.2, -0.15) is 0 Å². The van der Waals surface area contributed by atoms with E-state index in [0.29, 0.717) is 24.0 Å². The van der Waals surface area contributed by atoms with Gasteiger partial charge in [-0.15, -0.1) is 0 Å². The lowest BCUT2D eigenvalue weighted by atomic mass is 10.2. The summed E-state index contributed by atoms with van der Waals surface area (Å²) in [5.41, 5.74) is 0.592. The maximum atomic E-state index is 11.3. The molecule has 0 aromatic carbocycles. The van der Waals surface area contributed by atoms with E-state index >= 15 is 0 Å². The molecular formula is C12H18O5. The van der Waals surface area contributed by atoms with Crippen LogP contribution < -0.4 is 0 Å². The first-order valence-electron chi connectivity index (χ1n) is 5.27. The van der Waals surface area contributed by atoms with E-state index in [1.54, 1.807) is 0 Å². The van der Waals surface area contributed by atoms with Gasteiger partial charge in [0.25, 0.3) is 0 Å². The molecule has 0 fully saturated rings. The Labute approximate surface area is 101 Å². The molecule has 0 radical (unpaired) electrons. The molecule has 0 amide bonds. The van der Waals surface area contributed by atoms with Crippen molar-refractivity contribution in [3.8, 4) is 0 Å². The Morgan fingerprint density at radius 2 is 1.65 bits per heavy atom. The third-order valence-corrected chi connectivity index (χ3v) is 1.82. The summed E-state index contributed by atoms with van der Waals surface area (Å²) in [5.74, 6) is -1.05. The number of carbonyl (C=O) groups excluding carboxylic acids is 2. The van der Waals surface area contributed by atoms with Crippen molar-refractivity contribution < 1.29 is 24.2 Å². The van der Waals surface area contributed by atoms with Crippen molar-refractivity contribution in [2.45, 2.75) is 19.8 Å². The summed E-state index contributed by atoms with van der Waals surface area (Å²) >= 11 is 0. The van der Waals surface area contributed by atoms with Gasteiger partial charge in [-0.25, -0.2) is 9.59 Å². The van der Waals surface area contributed by atoms with Gasteiger partial charge >= 0.3 is 11.9 Å². The molecule has 0 atom stereocenters. The number of ether oxygens (including phenoxy) is 2. The first-order chi connectivity index (χ1) is 7.99. The quantitative estimate of drug-likeness (QED) is 0.390. The first kappa shape index (κ1) is 15.4. The van der Waals surface area contributed by atoms with Crippen LogP contribution in [0.15, 0.2) is 24.3 Å².